The van der Waals surface area contributed by atoms with E-state index in [9.17, 15) is 4.79 Å². The van der Waals surface area contributed by atoms with Crippen molar-refractivity contribution in [1.29, 1.82) is 0 Å². The van der Waals surface area contributed by atoms with E-state index in [-0.39, 0.29) is 12.4 Å². The smallest absolute Gasteiger partial charge is 0.341 e. The minimum absolute atomic E-state index is 0. The fourth-order valence-electron chi connectivity index (χ4n) is 0.838. The molecule has 0 fully saturated rings. The number of nitrogen functional groups attached to an aromatic ring is 2. The van der Waals surface area contributed by atoms with E-state index in [0.717, 1.165) is 0 Å². The molecular formula is C8H11ClN2O3. The van der Waals surface area contributed by atoms with Crippen molar-refractivity contribution >= 4 is 29.8 Å². The summed E-state index contributed by atoms with van der Waals surface area (Å²) in [5, 5.41) is 8.33. The van der Waals surface area contributed by atoms with Crippen LogP contribution in [0.4, 0.5) is 11.4 Å². The van der Waals surface area contributed by atoms with Crippen molar-refractivity contribution in [3.05, 3.63) is 18.2 Å². The van der Waals surface area contributed by atoms with Gasteiger partial charge in [0, 0.05) is 5.69 Å². The van der Waals surface area contributed by atoms with E-state index < -0.39 is 12.6 Å². The lowest BCUT2D eigenvalue weighted by molar-refractivity contribution is -0.139. The number of carbonyl (C=O) groups is 1. The highest BCUT2D eigenvalue weighted by Gasteiger charge is 2.02. The number of anilines is 2. The van der Waals surface area contributed by atoms with E-state index in [1.165, 1.54) is 12.1 Å². The number of carboxylic acid groups (broad SMARTS) is 1. The van der Waals surface area contributed by atoms with Crippen LogP contribution < -0.4 is 16.2 Å². The summed E-state index contributed by atoms with van der Waals surface area (Å²) >= 11 is 0. The van der Waals surface area contributed by atoms with E-state index in [2.05, 4.69) is 0 Å². The molecule has 0 amide bonds. The molecule has 5 N–H and O–H groups in total. The van der Waals surface area contributed by atoms with Gasteiger partial charge < -0.3 is 21.3 Å². The highest BCUT2D eigenvalue weighted by atomic mass is 35.5. The van der Waals surface area contributed by atoms with Gasteiger partial charge in [-0.25, -0.2) is 4.79 Å². The second kappa shape index (κ2) is 5.18. The van der Waals surface area contributed by atoms with Gasteiger partial charge in [-0.1, -0.05) is 0 Å². The quantitative estimate of drug-likeness (QED) is 0.650. The maximum atomic E-state index is 10.2. The topological polar surface area (TPSA) is 98.6 Å². The van der Waals surface area contributed by atoms with Gasteiger partial charge >= 0.3 is 5.97 Å². The maximum Gasteiger partial charge on any atom is 0.341 e. The average Bonchev–Trinajstić information content (AvgIpc) is 2.02. The minimum atomic E-state index is -1.05. The number of rotatable bonds is 3. The molecule has 0 aliphatic rings. The van der Waals surface area contributed by atoms with Gasteiger partial charge in [0.15, 0.2) is 6.61 Å². The van der Waals surface area contributed by atoms with E-state index in [0.29, 0.717) is 17.1 Å². The van der Waals surface area contributed by atoms with Gasteiger partial charge in [-0.3, -0.25) is 0 Å². The van der Waals surface area contributed by atoms with Crippen molar-refractivity contribution in [2.24, 2.45) is 0 Å². The summed E-state index contributed by atoms with van der Waals surface area (Å²) in [5.74, 6) is -0.715. The van der Waals surface area contributed by atoms with Gasteiger partial charge in [0.05, 0.1) is 5.69 Å². The summed E-state index contributed by atoms with van der Waals surface area (Å²) < 4.78 is 4.87. The molecule has 1 aromatic carbocycles. The van der Waals surface area contributed by atoms with Crippen LogP contribution in [0.2, 0.25) is 0 Å². The second-order valence-corrected chi connectivity index (χ2v) is 2.48. The van der Waals surface area contributed by atoms with Crippen LogP contribution in [0, 0.1) is 0 Å². The Balaban J connectivity index is 0.00000169. The van der Waals surface area contributed by atoms with E-state index in [4.69, 9.17) is 21.3 Å². The highest BCUT2D eigenvalue weighted by molar-refractivity contribution is 5.85. The molecule has 1 aromatic rings. The van der Waals surface area contributed by atoms with Crippen LogP contribution in [0.3, 0.4) is 0 Å². The Bertz CT molecular complexity index is 330. The third-order valence-electron chi connectivity index (χ3n) is 1.38. The van der Waals surface area contributed by atoms with Gasteiger partial charge in [0.1, 0.15) is 5.75 Å². The first-order valence-corrected chi connectivity index (χ1v) is 3.59. The number of nitrogens with two attached hydrogens (primary N) is 2. The van der Waals surface area contributed by atoms with E-state index in [1.54, 1.807) is 6.07 Å². The predicted octanol–water partition coefficient (Wildman–Crippen LogP) is 0.736. The second-order valence-electron chi connectivity index (χ2n) is 2.48. The molecule has 0 bridgehead atoms. The van der Waals surface area contributed by atoms with E-state index in [1.807, 2.05) is 0 Å². The molecule has 0 unspecified atom stereocenters. The number of ether oxygens (including phenoxy) is 1. The Morgan fingerprint density at radius 2 is 2.07 bits per heavy atom. The molecule has 6 heteroatoms. The number of hydrogen-bond acceptors (Lipinski definition) is 4. The van der Waals surface area contributed by atoms with Crippen LogP contribution in [0.25, 0.3) is 0 Å². The van der Waals surface area contributed by atoms with Crippen LogP contribution in [0.15, 0.2) is 18.2 Å². The van der Waals surface area contributed by atoms with Crippen molar-refractivity contribution in [3.8, 4) is 5.75 Å². The molecule has 78 valence electrons. The van der Waals surface area contributed by atoms with Gasteiger partial charge in [-0.05, 0) is 18.2 Å². The van der Waals surface area contributed by atoms with Crippen molar-refractivity contribution in [2.75, 3.05) is 18.1 Å². The van der Waals surface area contributed by atoms with Crippen LogP contribution in [0.1, 0.15) is 0 Å². The zero-order valence-electron chi connectivity index (χ0n) is 7.27. The molecular weight excluding hydrogens is 208 g/mol. The zero-order chi connectivity index (χ0) is 9.84. The number of aliphatic carboxylic acids is 1. The highest BCUT2D eigenvalue weighted by Crippen LogP contribution is 2.23. The number of carboxylic acids is 1. The molecule has 1 rings (SSSR count). The molecule has 0 heterocycles. The molecule has 0 aliphatic heterocycles. The predicted molar refractivity (Wildman–Crippen MR) is 55.6 cm³/mol. The summed E-state index contributed by atoms with van der Waals surface area (Å²) in [6.07, 6.45) is 0. The molecule has 0 saturated carbocycles. The lowest BCUT2D eigenvalue weighted by Crippen LogP contribution is -2.10. The Labute approximate surface area is 87.1 Å². The Morgan fingerprint density at radius 3 is 2.57 bits per heavy atom. The zero-order valence-corrected chi connectivity index (χ0v) is 8.08. The third kappa shape index (κ3) is 3.40. The molecule has 0 aliphatic carbocycles. The molecule has 14 heavy (non-hydrogen) atoms. The molecule has 5 nitrogen and oxygen atoms in total. The number of hydrogen-bond donors (Lipinski definition) is 3. The first-order chi connectivity index (χ1) is 6.09. The standard InChI is InChI=1S/C8H10N2O3.ClH/c9-5-1-2-7(6(10)3-5)13-4-8(11)12;/h1-3H,4,9-10H2,(H,11,12);1H. The van der Waals surface area contributed by atoms with Gasteiger partial charge in [0.25, 0.3) is 0 Å². The average molecular weight is 219 g/mol. The Kier molecular flexibility index (Phi) is 4.58. The molecule has 0 radical (unpaired) electrons. The fraction of sp³-hybridized carbons (Fsp3) is 0.125. The summed E-state index contributed by atoms with van der Waals surface area (Å²) in [6, 6.07) is 4.64. The van der Waals surface area contributed by atoms with Gasteiger partial charge in [-0.2, -0.15) is 0 Å². The normalized spacial score (nSPS) is 8.86. The Morgan fingerprint density at radius 1 is 1.43 bits per heavy atom. The Hall–Kier alpha value is -1.62. The summed E-state index contributed by atoms with van der Waals surface area (Å²) in [7, 11) is 0. The number of halogens is 1. The SMILES string of the molecule is Cl.Nc1ccc(OCC(=O)O)c(N)c1. The van der Waals surface area contributed by atoms with Gasteiger partial charge in [0.2, 0.25) is 0 Å². The van der Waals surface area contributed by atoms with Crippen LogP contribution in [-0.4, -0.2) is 17.7 Å². The number of benzene rings is 1. The minimum Gasteiger partial charge on any atom is -0.480 e. The summed E-state index contributed by atoms with van der Waals surface area (Å²) in [4.78, 5) is 10.2. The van der Waals surface area contributed by atoms with Gasteiger partial charge in [-0.15, -0.1) is 12.4 Å². The molecule has 0 spiro atoms. The lowest BCUT2D eigenvalue weighted by atomic mass is 10.2. The van der Waals surface area contributed by atoms with E-state index >= 15 is 0 Å². The van der Waals surface area contributed by atoms with Crippen LogP contribution in [-0.2, 0) is 4.79 Å². The largest absolute Gasteiger partial charge is 0.480 e. The molecule has 0 saturated heterocycles. The van der Waals surface area contributed by atoms with Crippen LogP contribution >= 0.6 is 12.4 Å². The van der Waals surface area contributed by atoms with Crippen molar-refractivity contribution in [3.63, 3.8) is 0 Å². The first-order valence-electron chi connectivity index (χ1n) is 3.59. The maximum absolute atomic E-state index is 10.2. The van der Waals surface area contributed by atoms with Crippen molar-refractivity contribution < 1.29 is 14.6 Å². The lowest BCUT2D eigenvalue weighted by Gasteiger charge is -2.06. The monoisotopic (exact) mass is 218 g/mol. The third-order valence-corrected chi connectivity index (χ3v) is 1.38. The van der Waals surface area contributed by atoms with Crippen molar-refractivity contribution in [2.45, 2.75) is 0 Å². The fourth-order valence-corrected chi connectivity index (χ4v) is 0.838. The van der Waals surface area contributed by atoms with Crippen molar-refractivity contribution in [1.82, 2.24) is 0 Å². The first kappa shape index (κ1) is 12.4. The summed E-state index contributed by atoms with van der Waals surface area (Å²) in [5.41, 5.74) is 11.8. The summed E-state index contributed by atoms with van der Waals surface area (Å²) in [6.45, 7) is -0.409. The molecule has 0 atom stereocenters. The van der Waals surface area contributed by atoms with Crippen LogP contribution in [0.5, 0.6) is 5.75 Å². The molecule has 0 aromatic heterocycles.